The van der Waals surface area contributed by atoms with Crippen LogP contribution in [0.15, 0.2) is 29.2 Å². The molecule has 1 N–H and O–H groups in total. The van der Waals surface area contributed by atoms with Crippen LogP contribution in [0.5, 0.6) is 0 Å². The van der Waals surface area contributed by atoms with E-state index in [-0.39, 0.29) is 4.90 Å². The van der Waals surface area contributed by atoms with Crippen molar-refractivity contribution in [1.82, 2.24) is 4.72 Å². The fourth-order valence-corrected chi connectivity index (χ4v) is 2.44. The minimum Gasteiger partial charge on any atom is -0.211 e. The predicted molar refractivity (Wildman–Crippen MR) is 61.5 cm³/mol. The van der Waals surface area contributed by atoms with E-state index in [1.54, 1.807) is 0 Å². The molecule has 0 atom stereocenters. The highest BCUT2D eigenvalue weighted by molar-refractivity contribution is 7.89. The average Bonchev–Trinajstić information content (AvgIpc) is 2.24. The van der Waals surface area contributed by atoms with Gasteiger partial charge >= 0.3 is 0 Å². The van der Waals surface area contributed by atoms with Gasteiger partial charge in [-0.25, -0.2) is 17.5 Å². The van der Waals surface area contributed by atoms with E-state index in [4.69, 9.17) is 11.6 Å². The number of hydrogen-bond donors (Lipinski definition) is 1. The van der Waals surface area contributed by atoms with Crippen molar-refractivity contribution in [2.24, 2.45) is 0 Å². The molecule has 90 valence electrons. The second-order valence-electron chi connectivity index (χ2n) is 3.25. The Kier molecular flexibility index (Phi) is 5.18. The third-order valence-corrected chi connectivity index (χ3v) is 3.68. The standard InChI is InChI=1S/C10H13ClFNO2S/c11-6-1-2-7-13-16(14,15)10-5-3-4-9(12)8-10/h3-5,8,13H,1-2,6-7H2. The summed E-state index contributed by atoms with van der Waals surface area (Å²) in [6.45, 7) is 0.311. The van der Waals surface area contributed by atoms with Crippen LogP contribution in [-0.4, -0.2) is 20.8 Å². The lowest BCUT2D eigenvalue weighted by atomic mass is 10.3. The molecule has 0 amide bonds. The Balaban J connectivity index is 2.64. The van der Waals surface area contributed by atoms with Crippen LogP contribution in [0.4, 0.5) is 4.39 Å². The van der Waals surface area contributed by atoms with Crippen molar-refractivity contribution in [3.63, 3.8) is 0 Å². The van der Waals surface area contributed by atoms with Gasteiger partial charge in [0, 0.05) is 12.4 Å². The maximum atomic E-state index is 12.8. The minimum absolute atomic E-state index is 0.0571. The molecule has 0 unspecified atom stereocenters. The van der Waals surface area contributed by atoms with Crippen LogP contribution in [0.1, 0.15) is 12.8 Å². The maximum absolute atomic E-state index is 12.8. The molecule has 0 aromatic heterocycles. The molecule has 0 fully saturated rings. The van der Waals surface area contributed by atoms with Crippen LogP contribution in [0, 0.1) is 5.82 Å². The number of halogens is 2. The Morgan fingerprint density at radius 3 is 2.69 bits per heavy atom. The van der Waals surface area contributed by atoms with Crippen LogP contribution in [0.2, 0.25) is 0 Å². The van der Waals surface area contributed by atoms with Gasteiger partial charge in [0.15, 0.2) is 0 Å². The van der Waals surface area contributed by atoms with Crippen molar-refractivity contribution < 1.29 is 12.8 Å². The SMILES string of the molecule is O=S(=O)(NCCCCCl)c1cccc(F)c1. The molecule has 1 aromatic rings. The Morgan fingerprint density at radius 2 is 2.06 bits per heavy atom. The van der Waals surface area contributed by atoms with E-state index in [1.807, 2.05) is 0 Å². The molecule has 3 nitrogen and oxygen atoms in total. The monoisotopic (exact) mass is 265 g/mol. The Labute approximate surface area is 99.7 Å². The molecule has 0 aliphatic carbocycles. The Bertz CT molecular complexity index is 436. The first kappa shape index (κ1) is 13.4. The van der Waals surface area contributed by atoms with Crippen LogP contribution >= 0.6 is 11.6 Å². The van der Waals surface area contributed by atoms with E-state index in [2.05, 4.69) is 4.72 Å². The highest BCUT2D eigenvalue weighted by Gasteiger charge is 2.13. The summed E-state index contributed by atoms with van der Waals surface area (Å²) < 4.78 is 38.5. The molecule has 0 aliphatic rings. The fourth-order valence-electron chi connectivity index (χ4n) is 1.14. The third-order valence-electron chi connectivity index (χ3n) is 1.96. The van der Waals surface area contributed by atoms with Crippen LogP contribution in [0.3, 0.4) is 0 Å². The van der Waals surface area contributed by atoms with E-state index in [9.17, 15) is 12.8 Å². The lowest BCUT2D eigenvalue weighted by Gasteiger charge is -2.05. The summed E-state index contributed by atoms with van der Waals surface area (Å²) in [5.41, 5.74) is 0. The van der Waals surface area contributed by atoms with Crippen LogP contribution in [0.25, 0.3) is 0 Å². The van der Waals surface area contributed by atoms with Gasteiger partial charge in [-0.1, -0.05) is 6.07 Å². The summed E-state index contributed by atoms with van der Waals surface area (Å²) >= 11 is 5.46. The Morgan fingerprint density at radius 1 is 1.31 bits per heavy atom. The first-order valence-corrected chi connectivity index (χ1v) is 6.89. The van der Waals surface area contributed by atoms with Crippen LogP contribution < -0.4 is 4.72 Å². The van der Waals surface area contributed by atoms with Crippen LogP contribution in [-0.2, 0) is 10.0 Å². The van der Waals surface area contributed by atoms with Gasteiger partial charge in [-0.3, -0.25) is 0 Å². The van der Waals surface area contributed by atoms with Gasteiger partial charge in [0.1, 0.15) is 5.82 Å². The molecular formula is C10H13ClFNO2S. The molecule has 0 spiro atoms. The summed E-state index contributed by atoms with van der Waals surface area (Å²) in [5.74, 6) is -0.0644. The quantitative estimate of drug-likeness (QED) is 0.633. The molecule has 0 aliphatic heterocycles. The summed E-state index contributed by atoms with van der Waals surface area (Å²) in [6, 6.07) is 4.91. The summed E-state index contributed by atoms with van der Waals surface area (Å²) in [4.78, 5) is -0.0571. The van der Waals surface area contributed by atoms with E-state index < -0.39 is 15.8 Å². The van der Waals surface area contributed by atoms with Crippen molar-refractivity contribution in [2.45, 2.75) is 17.7 Å². The van der Waals surface area contributed by atoms with Crippen molar-refractivity contribution in [1.29, 1.82) is 0 Å². The fraction of sp³-hybridized carbons (Fsp3) is 0.400. The molecule has 0 bridgehead atoms. The summed E-state index contributed by atoms with van der Waals surface area (Å²) in [5, 5.41) is 0. The van der Waals surface area contributed by atoms with E-state index in [0.717, 1.165) is 12.5 Å². The van der Waals surface area contributed by atoms with Gasteiger partial charge in [0.05, 0.1) is 4.90 Å². The van der Waals surface area contributed by atoms with Gasteiger partial charge in [-0.15, -0.1) is 11.6 Å². The molecular weight excluding hydrogens is 253 g/mol. The number of rotatable bonds is 6. The number of benzene rings is 1. The second kappa shape index (κ2) is 6.18. The van der Waals surface area contributed by atoms with Crippen molar-refractivity contribution in [2.75, 3.05) is 12.4 Å². The maximum Gasteiger partial charge on any atom is 0.240 e. The second-order valence-corrected chi connectivity index (χ2v) is 5.40. The predicted octanol–water partition coefficient (Wildman–Crippen LogP) is 2.12. The van der Waals surface area contributed by atoms with Crippen molar-refractivity contribution in [3.05, 3.63) is 30.1 Å². The molecule has 16 heavy (non-hydrogen) atoms. The highest BCUT2D eigenvalue weighted by atomic mass is 35.5. The van der Waals surface area contributed by atoms with E-state index >= 15 is 0 Å². The topological polar surface area (TPSA) is 46.2 Å². The summed E-state index contributed by atoms with van der Waals surface area (Å²) in [7, 11) is -3.60. The normalized spacial score (nSPS) is 11.6. The van der Waals surface area contributed by atoms with Gasteiger partial charge in [0.25, 0.3) is 0 Å². The summed E-state index contributed by atoms with van der Waals surface area (Å²) in [6.07, 6.45) is 1.41. The first-order chi connectivity index (χ1) is 7.56. The Hall–Kier alpha value is -0.650. The number of unbranched alkanes of at least 4 members (excludes halogenated alkanes) is 1. The largest absolute Gasteiger partial charge is 0.240 e. The number of hydrogen-bond acceptors (Lipinski definition) is 2. The molecule has 0 saturated heterocycles. The molecule has 0 saturated carbocycles. The van der Waals surface area contributed by atoms with E-state index in [0.29, 0.717) is 18.8 Å². The smallest absolute Gasteiger partial charge is 0.211 e. The van der Waals surface area contributed by atoms with Crippen molar-refractivity contribution in [3.8, 4) is 0 Å². The van der Waals surface area contributed by atoms with Crippen molar-refractivity contribution >= 4 is 21.6 Å². The van der Waals surface area contributed by atoms with Gasteiger partial charge < -0.3 is 0 Å². The molecule has 6 heteroatoms. The molecule has 1 rings (SSSR count). The molecule has 1 aromatic carbocycles. The molecule has 0 radical (unpaired) electrons. The zero-order valence-electron chi connectivity index (χ0n) is 8.62. The third kappa shape index (κ3) is 4.08. The minimum atomic E-state index is -3.60. The zero-order valence-corrected chi connectivity index (χ0v) is 10.2. The highest BCUT2D eigenvalue weighted by Crippen LogP contribution is 2.10. The van der Waals surface area contributed by atoms with E-state index in [1.165, 1.54) is 18.2 Å². The van der Waals surface area contributed by atoms with Gasteiger partial charge in [0.2, 0.25) is 10.0 Å². The lowest BCUT2D eigenvalue weighted by Crippen LogP contribution is -2.24. The number of nitrogens with one attached hydrogen (secondary N) is 1. The lowest BCUT2D eigenvalue weighted by molar-refractivity contribution is 0.575. The van der Waals surface area contributed by atoms with Gasteiger partial charge in [-0.2, -0.15) is 0 Å². The first-order valence-electron chi connectivity index (χ1n) is 4.87. The average molecular weight is 266 g/mol. The number of sulfonamides is 1. The zero-order chi connectivity index (χ0) is 12.0. The molecule has 0 heterocycles. The number of alkyl halides is 1. The van der Waals surface area contributed by atoms with Gasteiger partial charge in [-0.05, 0) is 31.0 Å².